The maximum atomic E-state index is 14.6. The van der Waals surface area contributed by atoms with E-state index in [-0.39, 0.29) is 31.1 Å². The average Bonchev–Trinajstić information content (AvgIpc) is 3.00. The van der Waals surface area contributed by atoms with E-state index in [1.54, 1.807) is 18.3 Å². The summed E-state index contributed by atoms with van der Waals surface area (Å²) in [5.41, 5.74) is 1.51. The van der Waals surface area contributed by atoms with Gasteiger partial charge in [-0.2, -0.15) is 9.40 Å². The Kier molecular flexibility index (Phi) is 8.20. The van der Waals surface area contributed by atoms with Crippen LogP contribution in [0.5, 0.6) is 0 Å². The normalized spacial score (nSPS) is 17.8. The fourth-order valence-electron chi connectivity index (χ4n) is 6.03. The number of amides is 1. The van der Waals surface area contributed by atoms with Crippen molar-refractivity contribution in [1.82, 2.24) is 19.1 Å². The average molecular weight is 644 g/mol. The highest BCUT2D eigenvalue weighted by molar-refractivity contribution is 7.89. The number of halogens is 4. The molecule has 0 bridgehead atoms. The Morgan fingerprint density at radius 2 is 1.67 bits per heavy atom. The van der Waals surface area contributed by atoms with Crippen LogP contribution in [-0.4, -0.2) is 46.0 Å². The highest BCUT2D eigenvalue weighted by Gasteiger charge is 2.47. The summed E-state index contributed by atoms with van der Waals surface area (Å²) in [5.74, 6) is -8.26. The summed E-state index contributed by atoms with van der Waals surface area (Å²) in [7, 11) is -3.67. The molecule has 1 aliphatic heterocycles. The quantitative estimate of drug-likeness (QED) is 0.209. The predicted molar refractivity (Wildman–Crippen MR) is 157 cm³/mol. The first-order valence-corrected chi connectivity index (χ1v) is 16.0. The first-order valence-electron chi connectivity index (χ1n) is 14.5. The summed E-state index contributed by atoms with van der Waals surface area (Å²) in [4.78, 5) is 30.7. The lowest BCUT2D eigenvalue weighted by Crippen LogP contribution is -2.59. The van der Waals surface area contributed by atoms with Gasteiger partial charge in [-0.05, 0) is 55.0 Å². The molecule has 3 heterocycles. The SMILES string of the molecule is Cn1ncc2cc(N(Cc3ccc(C4CCCCC4)cn3)C(=O)C3CCN3S(=O)(=O)c3c(F)c(F)cc(F)c3F)ccc2c1=O. The molecule has 2 aromatic heterocycles. The fourth-order valence-corrected chi connectivity index (χ4v) is 7.79. The number of carbonyl (C=O) groups is 1. The van der Waals surface area contributed by atoms with Crippen molar-refractivity contribution in [3.63, 3.8) is 0 Å². The number of pyridine rings is 1. The number of hydrogen-bond acceptors (Lipinski definition) is 6. The third-order valence-electron chi connectivity index (χ3n) is 8.65. The molecule has 2 aromatic carbocycles. The number of anilines is 1. The number of aryl methyl sites for hydroxylation is 1. The van der Waals surface area contributed by atoms with Crippen LogP contribution in [0.4, 0.5) is 23.2 Å². The van der Waals surface area contributed by atoms with Crippen LogP contribution in [-0.2, 0) is 28.4 Å². The summed E-state index contributed by atoms with van der Waals surface area (Å²) < 4.78 is 85.3. The number of aromatic nitrogens is 3. The van der Waals surface area contributed by atoms with E-state index in [9.17, 15) is 35.6 Å². The van der Waals surface area contributed by atoms with Gasteiger partial charge in [-0.15, -0.1) is 0 Å². The van der Waals surface area contributed by atoms with E-state index in [1.807, 2.05) is 6.07 Å². The molecule has 2 aliphatic rings. The van der Waals surface area contributed by atoms with Gasteiger partial charge < -0.3 is 4.90 Å². The molecule has 1 saturated carbocycles. The van der Waals surface area contributed by atoms with Crippen molar-refractivity contribution < 1.29 is 30.8 Å². The molecule has 1 amide bonds. The lowest BCUT2D eigenvalue weighted by atomic mass is 9.85. The molecule has 0 N–H and O–H groups in total. The smallest absolute Gasteiger partial charge is 0.274 e. The maximum absolute atomic E-state index is 14.6. The molecule has 236 valence electrons. The van der Waals surface area contributed by atoms with Gasteiger partial charge in [0.25, 0.3) is 5.56 Å². The Balaban J connectivity index is 1.36. The number of hydrogen-bond donors (Lipinski definition) is 0. The van der Waals surface area contributed by atoms with E-state index >= 15 is 0 Å². The van der Waals surface area contributed by atoms with Crippen molar-refractivity contribution in [3.05, 3.63) is 93.7 Å². The minimum absolute atomic E-state index is 0.0146. The number of carbonyl (C=O) groups excluding carboxylic acids is 1. The molecular formula is C31H29F4N5O4S. The molecule has 0 radical (unpaired) electrons. The zero-order valence-electron chi connectivity index (χ0n) is 24.2. The summed E-state index contributed by atoms with van der Waals surface area (Å²) in [6, 6.07) is 6.83. The van der Waals surface area contributed by atoms with E-state index in [0.29, 0.717) is 32.4 Å². The molecule has 0 spiro atoms. The molecule has 1 atom stereocenters. The number of sulfonamides is 1. The molecule has 14 heteroatoms. The van der Waals surface area contributed by atoms with Crippen molar-refractivity contribution in [3.8, 4) is 0 Å². The maximum Gasteiger partial charge on any atom is 0.274 e. The van der Waals surface area contributed by atoms with Gasteiger partial charge in [-0.1, -0.05) is 25.3 Å². The largest absolute Gasteiger partial charge is 0.305 e. The van der Waals surface area contributed by atoms with Gasteiger partial charge in [0.05, 0.1) is 23.8 Å². The van der Waals surface area contributed by atoms with Crippen LogP contribution in [0.1, 0.15) is 55.7 Å². The zero-order chi connectivity index (χ0) is 32.0. The summed E-state index contributed by atoms with van der Waals surface area (Å²) in [5, 5.41) is 4.79. The van der Waals surface area contributed by atoms with Gasteiger partial charge in [0.2, 0.25) is 15.9 Å². The number of nitrogens with zero attached hydrogens (tertiary/aromatic N) is 5. The van der Waals surface area contributed by atoms with Gasteiger partial charge >= 0.3 is 0 Å². The van der Waals surface area contributed by atoms with Gasteiger partial charge in [-0.25, -0.2) is 30.7 Å². The van der Waals surface area contributed by atoms with Crippen LogP contribution in [0.15, 0.2) is 58.5 Å². The lowest BCUT2D eigenvalue weighted by molar-refractivity contribution is -0.125. The van der Waals surface area contributed by atoms with Crippen LogP contribution < -0.4 is 10.5 Å². The van der Waals surface area contributed by atoms with Crippen molar-refractivity contribution in [2.75, 3.05) is 11.4 Å². The highest BCUT2D eigenvalue weighted by atomic mass is 32.2. The Morgan fingerprint density at radius 1 is 0.956 bits per heavy atom. The predicted octanol–water partition coefficient (Wildman–Crippen LogP) is 4.93. The molecule has 1 saturated heterocycles. The summed E-state index contributed by atoms with van der Waals surface area (Å²) >= 11 is 0. The van der Waals surface area contributed by atoms with E-state index in [1.165, 1.54) is 36.7 Å². The molecule has 2 fully saturated rings. The van der Waals surface area contributed by atoms with Crippen LogP contribution in [0.2, 0.25) is 0 Å². The van der Waals surface area contributed by atoms with Crippen LogP contribution in [0.3, 0.4) is 0 Å². The van der Waals surface area contributed by atoms with Crippen molar-refractivity contribution in [2.45, 2.75) is 61.9 Å². The first kappa shape index (κ1) is 30.8. The summed E-state index contributed by atoms with van der Waals surface area (Å²) in [6.45, 7) is -0.412. The van der Waals surface area contributed by atoms with Crippen molar-refractivity contribution in [2.24, 2.45) is 7.05 Å². The van der Waals surface area contributed by atoms with Gasteiger partial charge in [0.15, 0.2) is 28.2 Å². The second-order valence-electron chi connectivity index (χ2n) is 11.4. The third kappa shape index (κ3) is 5.61. The van der Waals surface area contributed by atoms with Gasteiger partial charge in [0.1, 0.15) is 6.04 Å². The Labute approximate surface area is 256 Å². The fraction of sp³-hybridized carbons (Fsp3) is 0.355. The van der Waals surface area contributed by atoms with Crippen LogP contribution >= 0.6 is 0 Å². The van der Waals surface area contributed by atoms with Crippen LogP contribution in [0, 0.1) is 23.3 Å². The molecular weight excluding hydrogens is 614 g/mol. The Bertz CT molecular complexity index is 1940. The first-order chi connectivity index (χ1) is 21.5. The van der Waals surface area contributed by atoms with Crippen LogP contribution in [0.25, 0.3) is 10.8 Å². The topological polar surface area (TPSA) is 105 Å². The third-order valence-corrected chi connectivity index (χ3v) is 10.6. The second-order valence-corrected chi connectivity index (χ2v) is 13.2. The molecule has 1 unspecified atom stereocenters. The Hall–Kier alpha value is -4.17. The molecule has 1 aliphatic carbocycles. The molecule has 4 aromatic rings. The van der Waals surface area contributed by atoms with Crippen molar-refractivity contribution in [1.29, 1.82) is 0 Å². The number of fused-ring (bicyclic) bond motifs is 1. The van der Waals surface area contributed by atoms with E-state index in [2.05, 4.69) is 10.1 Å². The lowest BCUT2D eigenvalue weighted by Gasteiger charge is -2.41. The molecule has 6 rings (SSSR count). The van der Waals surface area contributed by atoms with E-state index in [4.69, 9.17) is 0 Å². The van der Waals surface area contributed by atoms with E-state index < -0.39 is 50.1 Å². The molecule has 9 nitrogen and oxygen atoms in total. The number of rotatable bonds is 7. The standard InChI is InChI=1S/C31H29F4N5O4S/c1-38-30(41)23-10-9-22(13-20(23)16-37-38)39(17-21-8-7-19(15-36-21)18-5-3-2-4-6-18)31(42)26-11-12-40(26)45(43,44)29-27(34)24(32)14-25(33)28(29)35/h7-10,13-16,18,26H,2-6,11-12,17H2,1H3. The monoisotopic (exact) mass is 643 g/mol. The zero-order valence-corrected chi connectivity index (χ0v) is 25.0. The minimum atomic E-state index is -5.17. The van der Waals surface area contributed by atoms with E-state index in [0.717, 1.165) is 35.9 Å². The number of benzene rings is 2. The summed E-state index contributed by atoms with van der Waals surface area (Å²) in [6.07, 6.45) is 8.83. The Morgan fingerprint density at radius 3 is 2.29 bits per heavy atom. The minimum Gasteiger partial charge on any atom is -0.305 e. The van der Waals surface area contributed by atoms with Gasteiger partial charge in [-0.3, -0.25) is 14.6 Å². The second kappa shape index (κ2) is 12.0. The van der Waals surface area contributed by atoms with Crippen molar-refractivity contribution >= 4 is 32.4 Å². The molecule has 45 heavy (non-hydrogen) atoms. The van der Waals surface area contributed by atoms with Gasteiger partial charge in [0, 0.05) is 36.9 Å². The highest BCUT2D eigenvalue weighted by Crippen LogP contribution is 2.35.